The first-order chi connectivity index (χ1) is 5.49. The molecule has 1 heterocycles. The van der Waals surface area contributed by atoms with Crippen LogP contribution in [0.3, 0.4) is 0 Å². The Bertz CT molecular complexity index is 223. The van der Waals surface area contributed by atoms with Gasteiger partial charge in [0.15, 0.2) is 0 Å². The van der Waals surface area contributed by atoms with Crippen LogP contribution < -0.4 is 5.73 Å². The molecule has 3 nitrogen and oxygen atoms in total. The molecule has 0 fully saturated rings. The summed E-state index contributed by atoms with van der Waals surface area (Å²) in [6.07, 6.45) is 4.22. The molecule has 2 N–H and O–H groups in total. The highest BCUT2D eigenvalue weighted by molar-refractivity contribution is 5.07. The lowest BCUT2D eigenvalue weighted by atomic mass is 9.87. The lowest BCUT2D eigenvalue weighted by Crippen LogP contribution is -2.18. The van der Waals surface area contributed by atoms with E-state index in [-0.39, 0.29) is 11.5 Å². The van der Waals surface area contributed by atoms with Crippen molar-refractivity contribution in [2.45, 2.75) is 33.2 Å². The summed E-state index contributed by atoms with van der Waals surface area (Å²) in [5, 5.41) is 3.62. The third-order valence-corrected chi connectivity index (χ3v) is 1.71. The van der Waals surface area contributed by atoms with Crippen molar-refractivity contribution in [2.24, 2.45) is 11.1 Å². The van der Waals surface area contributed by atoms with E-state index in [0.29, 0.717) is 0 Å². The monoisotopic (exact) mass is 168 g/mol. The third kappa shape index (κ3) is 2.66. The van der Waals surface area contributed by atoms with E-state index >= 15 is 0 Å². The van der Waals surface area contributed by atoms with E-state index < -0.39 is 0 Å². The minimum Gasteiger partial charge on any atom is -0.364 e. The van der Waals surface area contributed by atoms with Crippen molar-refractivity contribution >= 4 is 0 Å². The number of hydrogen-bond acceptors (Lipinski definition) is 3. The average molecular weight is 168 g/mol. The fourth-order valence-corrected chi connectivity index (χ4v) is 1.17. The van der Waals surface area contributed by atoms with Gasteiger partial charge in [-0.15, -0.1) is 0 Å². The molecular weight excluding hydrogens is 152 g/mol. The van der Waals surface area contributed by atoms with Crippen molar-refractivity contribution < 1.29 is 4.52 Å². The first kappa shape index (κ1) is 9.26. The number of hydrogen-bond donors (Lipinski definition) is 1. The van der Waals surface area contributed by atoms with Gasteiger partial charge in [-0.1, -0.05) is 25.9 Å². The van der Waals surface area contributed by atoms with Gasteiger partial charge in [0.1, 0.15) is 6.26 Å². The van der Waals surface area contributed by atoms with Gasteiger partial charge in [0.05, 0.1) is 6.20 Å². The number of aromatic nitrogens is 1. The van der Waals surface area contributed by atoms with E-state index in [1.807, 2.05) is 0 Å². The lowest BCUT2D eigenvalue weighted by molar-refractivity contribution is 0.341. The highest BCUT2D eigenvalue weighted by Gasteiger charge is 2.17. The predicted octanol–water partition coefficient (Wildman–Crippen LogP) is 2.11. The van der Waals surface area contributed by atoms with Crippen LogP contribution in [0.25, 0.3) is 0 Å². The topological polar surface area (TPSA) is 52.0 Å². The van der Waals surface area contributed by atoms with Gasteiger partial charge in [-0.05, 0) is 11.8 Å². The molecule has 1 atom stereocenters. The van der Waals surface area contributed by atoms with Crippen LogP contribution in [-0.4, -0.2) is 5.16 Å². The summed E-state index contributed by atoms with van der Waals surface area (Å²) in [5.41, 5.74) is 7.15. The molecule has 0 bridgehead atoms. The van der Waals surface area contributed by atoms with Crippen LogP contribution >= 0.6 is 0 Å². The zero-order valence-corrected chi connectivity index (χ0v) is 7.87. The fourth-order valence-electron chi connectivity index (χ4n) is 1.17. The van der Waals surface area contributed by atoms with Gasteiger partial charge in [0.2, 0.25) is 0 Å². The quantitative estimate of drug-likeness (QED) is 0.735. The first-order valence-electron chi connectivity index (χ1n) is 4.14. The molecule has 0 saturated heterocycles. The number of rotatable bonds is 2. The molecule has 0 radical (unpaired) electrons. The minimum atomic E-state index is 0.0382. The van der Waals surface area contributed by atoms with Crippen molar-refractivity contribution in [3.63, 3.8) is 0 Å². The van der Waals surface area contributed by atoms with Crippen molar-refractivity contribution in [1.29, 1.82) is 0 Å². The highest BCUT2D eigenvalue weighted by atomic mass is 16.5. The number of nitrogens with zero attached hydrogens (tertiary/aromatic N) is 1. The summed E-state index contributed by atoms with van der Waals surface area (Å²) in [7, 11) is 0. The van der Waals surface area contributed by atoms with Gasteiger partial charge in [-0.25, -0.2) is 0 Å². The summed E-state index contributed by atoms with van der Waals surface area (Å²) >= 11 is 0. The maximum absolute atomic E-state index is 5.93. The van der Waals surface area contributed by atoms with E-state index in [4.69, 9.17) is 10.3 Å². The van der Waals surface area contributed by atoms with Crippen molar-refractivity contribution in [1.82, 2.24) is 5.16 Å². The van der Waals surface area contributed by atoms with Crippen molar-refractivity contribution in [3.05, 3.63) is 18.0 Å². The SMILES string of the molecule is CC(C)(C)CC(N)c1cnoc1. The maximum Gasteiger partial charge on any atom is 0.128 e. The minimum absolute atomic E-state index is 0.0382. The molecule has 0 saturated carbocycles. The second-order valence-corrected chi connectivity index (χ2v) is 4.33. The molecule has 0 aliphatic carbocycles. The Kier molecular flexibility index (Phi) is 2.52. The molecule has 0 spiro atoms. The Hall–Kier alpha value is -0.830. The summed E-state index contributed by atoms with van der Waals surface area (Å²) in [4.78, 5) is 0. The van der Waals surface area contributed by atoms with Gasteiger partial charge >= 0.3 is 0 Å². The molecule has 1 rings (SSSR count). The Morgan fingerprint density at radius 2 is 2.25 bits per heavy atom. The third-order valence-electron chi connectivity index (χ3n) is 1.71. The van der Waals surface area contributed by atoms with E-state index in [1.165, 1.54) is 0 Å². The molecule has 3 heteroatoms. The van der Waals surface area contributed by atoms with Crippen LogP contribution in [0.15, 0.2) is 17.0 Å². The molecule has 0 aliphatic heterocycles. The predicted molar refractivity (Wildman–Crippen MR) is 47.5 cm³/mol. The second kappa shape index (κ2) is 3.27. The Balaban J connectivity index is 2.56. The normalized spacial score (nSPS) is 14.7. The molecule has 0 amide bonds. The van der Waals surface area contributed by atoms with Gasteiger partial charge in [0.25, 0.3) is 0 Å². The Morgan fingerprint density at radius 1 is 1.58 bits per heavy atom. The van der Waals surface area contributed by atoms with E-state index in [1.54, 1.807) is 12.5 Å². The smallest absolute Gasteiger partial charge is 0.128 e. The maximum atomic E-state index is 5.93. The van der Waals surface area contributed by atoms with E-state index in [2.05, 4.69) is 25.9 Å². The van der Waals surface area contributed by atoms with Crippen LogP contribution in [0.1, 0.15) is 38.8 Å². The van der Waals surface area contributed by atoms with Crippen LogP contribution in [0, 0.1) is 5.41 Å². The summed E-state index contributed by atoms with van der Waals surface area (Å²) in [6, 6.07) is 0.0382. The molecular formula is C9H16N2O. The van der Waals surface area contributed by atoms with Crippen molar-refractivity contribution in [3.8, 4) is 0 Å². The Labute approximate surface area is 72.9 Å². The zero-order chi connectivity index (χ0) is 9.19. The summed E-state index contributed by atoms with van der Waals surface area (Å²) in [5.74, 6) is 0. The molecule has 0 aliphatic rings. The Morgan fingerprint density at radius 3 is 2.67 bits per heavy atom. The molecule has 0 aromatic carbocycles. The van der Waals surface area contributed by atoms with E-state index in [9.17, 15) is 0 Å². The summed E-state index contributed by atoms with van der Waals surface area (Å²) in [6.45, 7) is 6.50. The van der Waals surface area contributed by atoms with Gasteiger partial charge in [0, 0.05) is 11.6 Å². The average Bonchev–Trinajstić information content (AvgIpc) is 2.32. The second-order valence-electron chi connectivity index (χ2n) is 4.33. The molecule has 68 valence electrons. The van der Waals surface area contributed by atoms with Gasteiger partial charge in [-0.2, -0.15) is 0 Å². The highest BCUT2D eigenvalue weighted by Crippen LogP contribution is 2.27. The standard InChI is InChI=1S/C9H16N2O/c1-9(2,3)4-8(10)7-5-11-12-6-7/h5-6,8H,4,10H2,1-3H3. The van der Waals surface area contributed by atoms with Crippen LogP contribution in [0.2, 0.25) is 0 Å². The first-order valence-corrected chi connectivity index (χ1v) is 4.14. The van der Waals surface area contributed by atoms with Crippen LogP contribution in [-0.2, 0) is 0 Å². The fraction of sp³-hybridized carbons (Fsp3) is 0.667. The van der Waals surface area contributed by atoms with Crippen LogP contribution in [0.5, 0.6) is 0 Å². The largest absolute Gasteiger partial charge is 0.364 e. The molecule has 1 aromatic rings. The molecule has 12 heavy (non-hydrogen) atoms. The zero-order valence-electron chi connectivity index (χ0n) is 7.87. The van der Waals surface area contributed by atoms with Crippen LogP contribution in [0.4, 0.5) is 0 Å². The van der Waals surface area contributed by atoms with Gasteiger partial charge in [-0.3, -0.25) is 0 Å². The lowest BCUT2D eigenvalue weighted by Gasteiger charge is -2.21. The molecule has 1 unspecified atom stereocenters. The summed E-state index contributed by atoms with van der Waals surface area (Å²) < 4.78 is 4.72. The number of nitrogens with two attached hydrogens (primary N) is 1. The molecule has 1 aromatic heterocycles. The van der Waals surface area contributed by atoms with Crippen molar-refractivity contribution in [2.75, 3.05) is 0 Å². The van der Waals surface area contributed by atoms with E-state index in [0.717, 1.165) is 12.0 Å². The van der Waals surface area contributed by atoms with Gasteiger partial charge < -0.3 is 10.3 Å².